The lowest BCUT2D eigenvalue weighted by molar-refractivity contribution is 0.0563. The first-order valence-corrected chi connectivity index (χ1v) is 6.72. The van der Waals surface area contributed by atoms with Crippen molar-refractivity contribution in [2.75, 3.05) is 7.11 Å². The molecule has 0 saturated carbocycles. The molecule has 0 saturated heterocycles. The second-order valence-corrected chi connectivity index (χ2v) is 4.88. The zero-order chi connectivity index (χ0) is 15.2. The monoisotopic (exact) mass is 291 g/mol. The van der Waals surface area contributed by atoms with Gasteiger partial charge in [0.25, 0.3) is 0 Å². The molecule has 21 heavy (non-hydrogen) atoms. The third-order valence-corrected chi connectivity index (χ3v) is 3.21. The first-order valence-electron chi connectivity index (χ1n) is 6.72. The molecule has 0 aliphatic carbocycles. The van der Waals surface area contributed by atoms with Crippen LogP contribution in [-0.4, -0.2) is 19.1 Å². The molecule has 0 bridgehead atoms. The van der Waals surface area contributed by atoms with Crippen LogP contribution in [0.1, 0.15) is 28.6 Å². The summed E-state index contributed by atoms with van der Waals surface area (Å²) in [5, 5.41) is 3.31. The number of carbonyl (C=O) groups is 1. The highest BCUT2D eigenvalue weighted by Gasteiger charge is 2.16. The van der Waals surface area contributed by atoms with Crippen LogP contribution >= 0.6 is 0 Å². The van der Waals surface area contributed by atoms with E-state index in [2.05, 4.69) is 10.1 Å². The van der Waals surface area contributed by atoms with Gasteiger partial charge >= 0.3 is 5.97 Å². The summed E-state index contributed by atoms with van der Waals surface area (Å²) < 4.78 is 22.6. The van der Waals surface area contributed by atoms with Crippen molar-refractivity contribution in [3.63, 3.8) is 0 Å². The van der Waals surface area contributed by atoms with Crippen molar-refractivity contribution in [2.24, 2.45) is 0 Å². The number of ether oxygens (including phenoxy) is 1. The molecule has 2 aromatic rings. The Morgan fingerprint density at radius 1 is 1.33 bits per heavy atom. The molecule has 0 aliphatic rings. The van der Waals surface area contributed by atoms with Crippen LogP contribution in [0.5, 0.6) is 0 Å². The Balaban J connectivity index is 1.89. The molecule has 0 spiro atoms. The fraction of sp³-hybridized carbons (Fsp3) is 0.312. The molecule has 1 atom stereocenters. The molecule has 1 unspecified atom stereocenters. The van der Waals surface area contributed by atoms with Crippen molar-refractivity contribution in [3.05, 3.63) is 59.3 Å². The maximum atomic E-state index is 12.8. The standard InChI is InChI=1S/C16H18FNO3/c1-11(9-12-3-5-14(17)6-4-12)18-10-13-7-8-21-15(13)16(19)20-2/h3-8,11,18H,9-10H2,1-2H3. The number of methoxy groups -OCH3 is 1. The maximum Gasteiger partial charge on any atom is 0.374 e. The number of hydrogen-bond donors (Lipinski definition) is 1. The molecule has 4 nitrogen and oxygen atoms in total. The van der Waals surface area contributed by atoms with Crippen LogP contribution in [0.3, 0.4) is 0 Å². The van der Waals surface area contributed by atoms with Crippen molar-refractivity contribution in [3.8, 4) is 0 Å². The molecular weight excluding hydrogens is 273 g/mol. The summed E-state index contributed by atoms with van der Waals surface area (Å²) in [6, 6.07) is 8.36. The summed E-state index contributed by atoms with van der Waals surface area (Å²) in [4.78, 5) is 11.5. The maximum absolute atomic E-state index is 12.8. The Bertz CT molecular complexity index is 592. The van der Waals surface area contributed by atoms with Gasteiger partial charge in [-0.15, -0.1) is 0 Å². The SMILES string of the molecule is COC(=O)c1occc1CNC(C)Cc1ccc(F)cc1. The lowest BCUT2D eigenvalue weighted by Crippen LogP contribution is -2.28. The van der Waals surface area contributed by atoms with E-state index in [0.717, 1.165) is 17.5 Å². The van der Waals surface area contributed by atoms with Crippen LogP contribution in [0.15, 0.2) is 41.0 Å². The Hall–Kier alpha value is -2.14. The summed E-state index contributed by atoms with van der Waals surface area (Å²) in [5.74, 6) is -0.498. The van der Waals surface area contributed by atoms with Crippen molar-refractivity contribution >= 4 is 5.97 Å². The lowest BCUT2D eigenvalue weighted by atomic mass is 10.1. The van der Waals surface area contributed by atoms with E-state index in [4.69, 9.17) is 4.42 Å². The Labute approximate surface area is 122 Å². The molecule has 1 heterocycles. The Morgan fingerprint density at radius 3 is 2.71 bits per heavy atom. The van der Waals surface area contributed by atoms with Gasteiger partial charge in [0.1, 0.15) is 5.82 Å². The summed E-state index contributed by atoms with van der Waals surface area (Å²) in [7, 11) is 1.32. The summed E-state index contributed by atoms with van der Waals surface area (Å²) in [5.41, 5.74) is 1.81. The fourth-order valence-corrected chi connectivity index (χ4v) is 2.08. The first kappa shape index (κ1) is 15.3. The number of carbonyl (C=O) groups excluding carboxylic acids is 1. The van der Waals surface area contributed by atoms with Gasteiger partial charge < -0.3 is 14.5 Å². The van der Waals surface area contributed by atoms with E-state index in [-0.39, 0.29) is 17.6 Å². The van der Waals surface area contributed by atoms with Crippen LogP contribution in [0.25, 0.3) is 0 Å². The van der Waals surface area contributed by atoms with E-state index in [0.29, 0.717) is 6.54 Å². The molecule has 2 rings (SSSR count). The largest absolute Gasteiger partial charge is 0.463 e. The molecule has 0 radical (unpaired) electrons. The van der Waals surface area contributed by atoms with Crippen molar-refractivity contribution in [1.29, 1.82) is 0 Å². The molecule has 0 fully saturated rings. The van der Waals surface area contributed by atoms with Gasteiger partial charge in [0.2, 0.25) is 5.76 Å². The fourth-order valence-electron chi connectivity index (χ4n) is 2.08. The highest BCUT2D eigenvalue weighted by Crippen LogP contribution is 2.12. The van der Waals surface area contributed by atoms with E-state index < -0.39 is 5.97 Å². The van der Waals surface area contributed by atoms with Crippen molar-refractivity contribution < 1.29 is 18.3 Å². The minimum atomic E-state index is -0.483. The predicted octanol–water partition coefficient (Wildman–Crippen LogP) is 2.93. The number of nitrogens with one attached hydrogen (secondary N) is 1. The molecule has 0 amide bonds. The van der Waals surface area contributed by atoms with E-state index in [1.54, 1.807) is 18.2 Å². The number of esters is 1. The smallest absolute Gasteiger partial charge is 0.374 e. The van der Waals surface area contributed by atoms with E-state index >= 15 is 0 Å². The number of furan rings is 1. The van der Waals surface area contributed by atoms with E-state index in [1.807, 2.05) is 6.92 Å². The normalized spacial score (nSPS) is 12.1. The molecule has 5 heteroatoms. The third-order valence-electron chi connectivity index (χ3n) is 3.21. The second kappa shape index (κ2) is 7.04. The number of rotatable bonds is 6. The van der Waals surface area contributed by atoms with Crippen LogP contribution < -0.4 is 5.32 Å². The highest BCUT2D eigenvalue weighted by atomic mass is 19.1. The highest BCUT2D eigenvalue weighted by molar-refractivity contribution is 5.87. The Kier molecular flexibility index (Phi) is 5.11. The molecule has 1 N–H and O–H groups in total. The molecule has 0 aliphatic heterocycles. The topological polar surface area (TPSA) is 51.5 Å². The van der Waals surface area contributed by atoms with Crippen molar-refractivity contribution in [2.45, 2.75) is 25.9 Å². The number of hydrogen-bond acceptors (Lipinski definition) is 4. The van der Waals surface area contributed by atoms with E-state index in [9.17, 15) is 9.18 Å². The molecule has 1 aromatic heterocycles. The second-order valence-electron chi connectivity index (χ2n) is 4.88. The van der Waals surface area contributed by atoms with Crippen molar-refractivity contribution in [1.82, 2.24) is 5.32 Å². The minimum Gasteiger partial charge on any atom is -0.463 e. The van der Waals surface area contributed by atoms with Gasteiger partial charge in [-0.05, 0) is 37.1 Å². The van der Waals surface area contributed by atoms with Gasteiger partial charge in [-0.25, -0.2) is 9.18 Å². The average molecular weight is 291 g/mol. The molecule has 1 aromatic carbocycles. The average Bonchev–Trinajstić information content (AvgIpc) is 2.95. The van der Waals surface area contributed by atoms with Crippen LogP contribution in [-0.2, 0) is 17.7 Å². The van der Waals surface area contributed by atoms with Gasteiger partial charge in [0, 0.05) is 18.2 Å². The predicted molar refractivity (Wildman–Crippen MR) is 76.5 cm³/mol. The minimum absolute atomic E-state index is 0.177. The first-order chi connectivity index (χ1) is 10.1. The molecule has 112 valence electrons. The van der Waals surface area contributed by atoms with Gasteiger partial charge in [-0.1, -0.05) is 12.1 Å². The van der Waals surface area contributed by atoms with Gasteiger partial charge in [-0.2, -0.15) is 0 Å². The quantitative estimate of drug-likeness (QED) is 0.831. The van der Waals surface area contributed by atoms with Gasteiger partial charge in [0.05, 0.1) is 13.4 Å². The summed E-state index contributed by atoms with van der Waals surface area (Å²) in [6.45, 7) is 2.53. The number of benzene rings is 1. The van der Waals surface area contributed by atoms with Gasteiger partial charge in [-0.3, -0.25) is 0 Å². The summed E-state index contributed by atoms with van der Waals surface area (Å²) in [6.07, 6.45) is 2.24. The van der Waals surface area contributed by atoms with E-state index in [1.165, 1.54) is 25.5 Å². The zero-order valence-corrected chi connectivity index (χ0v) is 12.1. The number of halogens is 1. The lowest BCUT2D eigenvalue weighted by Gasteiger charge is -2.13. The van der Waals surface area contributed by atoms with Crippen LogP contribution in [0.2, 0.25) is 0 Å². The Morgan fingerprint density at radius 2 is 2.05 bits per heavy atom. The molecular formula is C16H18FNO3. The van der Waals surface area contributed by atoms with Crippen LogP contribution in [0.4, 0.5) is 4.39 Å². The van der Waals surface area contributed by atoms with Gasteiger partial charge in [0.15, 0.2) is 0 Å². The third kappa shape index (κ3) is 4.16. The van der Waals surface area contributed by atoms with Crippen LogP contribution in [0, 0.1) is 5.82 Å². The zero-order valence-electron chi connectivity index (χ0n) is 12.1. The summed E-state index contributed by atoms with van der Waals surface area (Å²) >= 11 is 0.